The van der Waals surface area contributed by atoms with Crippen molar-refractivity contribution >= 4 is 10.9 Å². The Labute approximate surface area is 102 Å². The van der Waals surface area contributed by atoms with E-state index in [4.69, 9.17) is 10.7 Å². The fraction of sp³-hybridized carbons (Fsp3) is 0.400. The Morgan fingerprint density at radius 1 is 1.18 bits per heavy atom. The van der Waals surface area contributed by atoms with Crippen LogP contribution in [0, 0.1) is 0 Å². The van der Waals surface area contributed by atoms with Gasteiger partial charge < -0.3 is 5.73 Å². The maximum atomic E-state index is 6.18. The highest BCUT2D eigenvalue weighted by atomic mass is 14.7. The van der Waals surface area contributed by atoms with Gasteiger partial charge in [-0.3, -0.25) is 4.98 Å². The minimum Gasteiger partial charge on any atom is -0.324 e. The number of aryl methyl sites for hydroxylation is 1. The number of benzene rings is 1. The fourth-order valence-corrected chi connectivity index (χ4v) is 2.93. The molecule has 17 heavy (non-hydrogen) atoms. The van der Waals surface area contributed by atoms with Gasteiger partial charge in [0.05, 0.1) is 5.52 Å². The van der Waals surface area contributed by atoms with Gasteiger partial charge in [-0.2, -0.15) is 0 Å². The Bertz CT molecular complexity index is 558. The average molecular weight is 226 g/mol. The first-order chi connectivity index (χ1) is 8.27. The van der Waals surface area contributed by atoms with Crippen LogP contribution in [-0.2, 0) is 12.8 Å². The number of fused-ring (bicyclic) bond motifs is 2. The van der Waals surface area contributed by atoms with Gasteiger partial charge >= 0.3 is 0 Å². The Morgan fingerprint density at radius 2 is 1.94 bits per heavy atom. The van der Waals surface area contributed by atoms with E-state index in [-0.39, 0.29) is 6.04 Å². The third kappa shape index (κ3) is 1.73. The van der Waals surface area contributed by atoms with Crippen molar-refractivity contribution in [2.24, 2.45) is 5.73 Å². The molecule has 88 valence electrons. The molecule has 2 N–H and O–H groups in total. The van der Waals surface area contributed by atoms with Crippen LogP contribution in [0.15, 0.2) is 24.3 Å². The maximum absolute atomic E-state index is 6.18. The highest BCUT2D eigenvalue weighted by Crippen LogP contribution is 2.32. The van der Waals surface area contributed by atoms with Crippen LogP contribution in [0.4, 0.5) is 0 Å². The van der Waals surface area contributed by atoms with Crippen LogP contribution in [0.3, 0.4) is 0 Å². The number of hydrogen-bond acceptors (Lipinski definition) is 2. The first-order valence-corrected chi connectivity index (χ1v) is 6.43. The second kappa shape index (κ2) is 4.11. The van der Waals surface area contributed by atoms with Crippen molar-refractivity contribution in [3.63, 3.8) is 0 Å². The number of nitrogens with two attached hydrogens (primary N) is 1. The zero-order valence-electron chi connectivity index (χ0n) is 10.2. The quantitative estimate of drug-likeness (QED) is 0.811. The lowest BCUT2D eigenvalue weighted by molar-refractivity contribution is 0.655. The van der Waals surface area contributed by atoms with Gasteiger partial charge in [-0.15, -0.1) is 0 Å². The summed E-state index contributed by atoms with van der Waals surface area (Å²) in [5, 5.41) is 1.24. The number of rotatable bonds is 1. The SMILES string of the molecule is CC(N)c1c2c(nc3ccccc13)CCCC2. The molecule has 2 aromatic rings. The highest BCUT2D eigenvalue weighted by molar-refractivity contribution is 5.84. The minimum absolute atomic E-state index is 0.0924. The van der Waals surface area contributed by atoms with Crippen LogP contribution in [0.1, 0.15) is 42.6 Å². The van der Waals surface area contributed by atoms with Crippen molar-refractivity contribution in [1.29, 1.82) is 0 Å². The van der Waals surface area contributed by atoms with E-state index in [1.54, 1.807) is 0 Å². The van der Waals surface area contributed by atoms with Crippen LogP contribution in [0.25, 0.3) is 10.9 Å². The third-order valence-corrected chi connectivity index (χ3v) is 3.67. The van der Waals surface area contributed by atoms with Crippen molar-refractivity contribution in [1.82, 2.24) is 4.98 Å². The van der Waals surface area contributed by atoms with E-state index in [1.165, 1.54) is 35.0 Å². The highest BCUT2D eigenvalue weighted by Gasteiger charge is 2.19. The van der Waals surface area contributed by atoms with Crippen molar-refractivity contribution in [3.05, 3.63) is 41.1 Å². The van der Waals surface area contributed by atoms with Crippen molar-refractivity contribution in [2.45, 2.75) is 38.6 Å². The summed E-state index contributed by atoms with van der Waals surface area (Å²) >= 11 is 0. The summed E-state index contributed by atoms with van der Waals surface area (Å²) in [4.78, 5) is 4.80. The molecular weight excluding hydrogens is 208 g/mol. The lowest BCUT2D eigenvalue weighted by Crippen LogP contribution is -2.15. The summed E-state index contributed by atoms with van der Waals surface area (Å²) in [5.41, 5.74) is 11.3. The lowest BCUT2D eigenvalue weighted by Gasteiger charge is -2.22. The molecule has 0 saturated heterocycles. The summed E-state index contributed by atoms with van der Waals surface area (Å²) in [5.74, 6) is 0. The predicted octanol–water partition coefficient (Wildman–Crippen LogP) is 3.13. The zero-order valence-corrected chi connectivity index (χ0v) is 10.2. The van der Waals surface area contributed by atoms with Crippen molar-refractivity contribution in [3.8, 4) is 0 Å². The molecule has 2 nitrogen and oxygen atoms in total. The monoisotopic (exact) mass is 226 g/mol. The van der Waals surface area contributed by atoms with E-state index < -0.39 is 0 Å². The molecular formula is C15H18N2. The van der Waals surface area contributed by atoms with Crippen LogP contribution in [0.2, 0.25) is 0 Å². The van der Waals surface area contributed by atoms with Crippen molar-refractivity contribution < 1.29 is 0 Å². The molecule has 1 atom stereocenters. The van der Waals surface area contributed by atoms with Gasteiger partial charge in [-0.05, 0) is 49.8 Å². The van der Waals surface area contributed by atoms with E-state index >= 15 is 0 Å². The summed E-state index contributed by atoms with van der Waals surface area (Å²) < 4.78 is 0. The molecule has 1 aliphatic rings. The molecule has 1 unspecified atom stereocenters. The number of pyridine rings is 1. The molecule has 0 aliphatic heterocycles. The molecule has 3 rings (SSSR count). The molecule has 1 aromatic carbocycles. The fourth-order valence-electron chi connectivity index (χ4n) is 2.93. The van der Waals surface area contributed by atoms with Crippen LogP contribution in [0.5, 0.6) is 0 Å². The molecule has 0 spiro atoms. The minimum atomic E-state index is 0.0924. The molecule has 1 aliphatic carbocycles. The number of aromatic nitrogens is 1. The molecule has 0 radical (unpaired) electrons. The van der Waals surface area contributed by atoms with E-state index in [2.05, 4.69) is 31.2 Å². The first kappa shape index (κ1) is 10.7. The molecule has 0 bridgehead atoms. The molecule has 1 aromatic heterocycles. The average Bonchev–Trinajstić information content (AvgIpc) is 2.35. The van der Waals surface area contributed by atoms with E-state index in [0.29, 0.717) is 0 Å². The summed E-state index contributed by atoms with van der Waals surface area (Å²) in [7, 11) is 0. The van der Waals surface area contributed by atoms with Gasteiger partial charge in [0.2, 0.25) is 0 Å². The summed E-state index contributed by atoms with van der Waals surface area (Å²) in [6, 6.07) is 8.46. The van der Waals surface area contributed by atoms with Gasteiger partial charge in [-0.1, -0.05) is 18.2 Å². The smallest absolute Gasteiger partial charge is 0.0708 e. The summed E-state index contributed by atoms with van der Waals surface area (Å²) in [6.45, 7) is 2.08. The molecule has 0 amide bonds. The maximum Gasteiger partial charge on any atom is 0.0708 e. The number of hydrogen-bond donors (Lipinski definition) is 1. The molecule has 2 heteroatoms. The van der Waals surface area contributed by atoms with Gasteiger partial charge in [0.1, 0.15) is 0 Å². The van der Waals surface area contributed by atoms with E-state index in [1.807, 2.05) is 0 Å². The van der Waals surface area contributed by atoms with E-state index in [9.17, 15) is 0 Å². The van der Waals surface area contributed by atoms with Crippen LogP contribution in [-0.4, -0.2) is 4.98 Å². The molecule has 0 saturated carbocycles. The number of nitrogens with zero attached hydrogens (tertiary/aromatic N) is 1. The van der Waals surface area contributed by atoms with Crippen molar-refractivity contribution in [2.75, 3.05) is 0 Å². The largest absolute Gasteiger partial charge is 0.324 e. The lowest BCUT2D eigenvalue weighted by atomic mass is 9.87. The standard InChI is InChI=1S/C15H18N2/c1-10(16)15-11-6-2-4-8-13(11)17-14-9-5-3-7-12(14)15/h2,4,6,8,10H,3,5,7,9,16H2,1H3. The Kier molecular flexibility index (Phi) is 2.60. The van der Waals surface area contributed by atoms with Crippen LogP contribution < -0.4 is 5.73 Å². The van der Waals surface area contributed by atoms with Gasteiger partial charge in [0, 0.05) is 17.1 Å². The first-order valence-electron chi connectivity index (χ1n) is 6.43. The summed E-state index contributed by atoms with van der Waals surface area (Å²) in [6.07, 6.45) is 4.79. The normalized spacial score (nSPS) is 16.8. The topological polar surface area (TPSA) is 38.9 Å². The Hall–Kier alpha value is -1.41. The van der Waals surface area contributed by atoms with Gasteiger partial charge in [0.15, 0.2) is 0 Å². The second-order valence-corrected chi connectivity index (χ2v) is 4.96. The van der Waals surface area contributed by atoms with E-state index in [0.717, 1.165) is 18.4 Å². The van der Waals surface area contributed by atoms with Gasteiger partial charge in [0.25, 0.3) is 0 Å². The molecule has 0 fully saturated rings. The second-order valence-electron chi connectivity index (χ2n) is 4.96. The number of para-hydroxylation sites is 1. The Balaban J connectivity index is 2.36. The zero-order chi connectivity index (χ0) is 11.8. The predicted molar refractivity (Wildman–Crippen MR) is 71.0 cm³/mol. The van der Waals surface area contributed by atoms with Gasteiger partial charge in [-0.25, -0.2) is 0 Å². The third-order valence-electron chi connectivity index (χ3n) is 3.67. The Morgan fingerprint density at radius 3 is 2.76 bits per heavy atom. The molecule has 1 heterocycles. The van der Waals surface area contributed by atoms with Crippen LogP contribution >= 0.6 is 0 Å².